The predicted octanol–water partition coefficient (Wildman–Crippen LogP) is 3.15. The van der Waals surface area contributed by atoms with Gasteiger partial charge in [0.25, 0.3) is 0 Å². The summed E-state index contributed by atoms with van der Waals surface area (Å²) in [6, 6.07) is 2.59. The normalized spacial score (nSPS) is 22.0. The van der Waals surface area contributed by atoms with Crippen molar-refractivity contribution >= 4 is 0 Å². The van der Waals surface area contributed by atoms with Crippen molar-refractivity contribution in [2.75, 3.05) is 0 Å². The number of aromatic amines is 1. The van der Waals surface area contributed by atoms with E-state index in [9.17, 15) is 5.26 Å². The number of aryl methyl sites for hydroxylation is 2. The van der Waals surface area contributed by atoms with Crippen molar-refractivity contribution in [3.63, 3.8) is 0 Å². The van der Waals surface area contributed by atoms with Crippen LogP contribution >= 0.6 is 0 Å². The Bertz CT molecular complexity index is 458. The molecule has 2 nitrogen and oxygen atoms in total. The van der Waals surface area contributed by atoms with Crippen molar-refractivity contribution < 1.29 is 0 Å². The van der Waals surface area contributed by atoms with Crippen LogP contribution in [0.2, 0.25) is 0 Å². The maximum Gasteiger partial charge on any atom is 0.0842 e. The molecule has 1 aromatic rings. The zero-order valence-corrected chi connectivity index (χ0v) is 9.90. The van der Waals surface area contributed by atoms with Gasteiger partial charge in [-0.15, -0.1) is 0 Å². The first-order chi connectivity index (χ1) is 7.77. The van der Waals surface area contributed by atoms with E-state index < -0.39 is 0 Å². The Balaban J connectivity index is 2.13. The maximum atomic E-state index is 9.47. The van der Waals surface area contributed by atoms with Crippen molar-refractivity contribution in [1.29, 1.82) is 5.26 Å². The molecule has 2 aliphatic carbocycles. The zero-order chi connectivity index (χ0) is 11.2. The molecule has 0 spiro atoms. The Labute approximate surface area is 96.7 Å². The topological polar surface area (TPSA) is 39.6 Å². The van der Waals surface area contributed by atoms with Crippen LogP contribution in [-0.4, -0.2) is 4.98 Å². The SMILES string of the molecule is Cc1[nH]c2c(c1C1(C#N)CCC1)CCCC2. The second kappa shape index (κ2) is 3.38. The van der Waals surface area contributed by atoms with Crippen molar-refractivity contribution in [3.05, 3.63) is 22.5 Å². The van der Waals surface area contributed by atoms with Crippen LogP contribution in [0, 0.1) is 18.3 Å². The molecular formula is C14H18N2. The van der Waals surface area contributed by atoms with Gasteiger partial charge in [0.15, 0.2) is 0 Å². The Morgan fingerprint density at radius 1 is 1.19 bits per heavy atom. The molecule has 1 aromatic heterocycles. The fourth-order valence-corrected chi connectivity index (χ4v) is 3.43. The van der Waals surface area contributed by atoms with Gasteiger partial charge in [0, 0.05) is 11.4 Å². The smallest absolute Gasteiger partial charge is 0.0842 e. The molecule has 1 saturated carbocycles. The quantitative estimate of drug-likeness (QED) is 0.766. The third kappa shape index (κ3) is 1.18. The van der Waals surface area contributed by atoms with Crippen molar-refractivity contribution in [3.8, 4) is 6.07 Å². The number of fused-ring (bicyclic) bond motifs is 1. The van der Waals surface area contributed by atoms with E-state index in [0.717, 1.165) is 12.8 Å². The van der Waals surface area contributed by atoms with E-state index in [1.807, 2.05) is 0 Å². The van der Waals surface area contributed by atoms with Gasteiger partial charge in [0.1, 0.15) is 0 Å². The van der Waals surface area contributed by atoms with E-state index in [1.54, 1.807) is 0 Å². The highest BCUT2D eigenvalue weighted by molar-refractivity contribution is 5.48. The summed E-state index contributed by atoms with van der Waals surface area (Å²) in [4.78, 5) is 3.52. The number of H-pyrrole nitrogens is 1. The van der Waals surface area contributed by atoms with Gasteiger partial charge in [-0.05, 0) is 63.0 Å². The Morgan fingerprint density at radius 2 is 1.94 bits per heavy atom. The Hall–Kier alpha value is -1.23. The molecule has 2 aliphatic rings. The van der Waals surface area contributed by atoms with Gasteiger partial charge in [0.05, 0.1) is 11.5 Å². The first-order valence-corrected chi connectivity index (χ1v) is 6.39. The molecule has 0 aliphatic heterocycles. The van der Waals surface area contributed by atoms with Crippen molar-refractivity contribution in [2.24, 2.45) is 0 Å². The largest absolute Gasteiger partial charge is 0.362 e. The number of nitrogens with zero attached hydrogens (tertiary/aromatic N) is 1. The molecule has 2 heteroatoms. The Kier molecular flexibility index (Phi) is 2.10. The number of rotatable bonds is 1. The second-order valence-corrected chi connectivity index (χ2v) is 5.34. The van der Waals surface area contributed by atoms with Crippen LogP contribution in [0.25, 0.3) is 0 Å². The zero-order valence-electron chi connectivity index (χ0n) is 9.90. The molecule has 1 N–H and O–H groups in total. The molecular weight excluding hydrogens is 196 g/mol. The lowest BCUT2D eigenvalue weighted by Gasteiger charge is -2.37. The standard InChI is InChI=1S/C14H18N2/c1-10-13(14(9-15)7-4-8-14)11-5-2-3-6-12(11)16-10/h16H,2-8H2,1H3. The first-order valence-electron chi connectivity index (χ1n) is 6.39. The summed E-state index contributed by atoms with van der Waals surface area (Å²) in [7, 11) is 0. The van der Waals surface area contributed by atoms with E-state index in [4.69, 9.17) is 0 Å². The Morgan fingerprint density at radius 3 is 2.56 bits per heavy atom. The minimum absolute atomic E-state index is 0.133. The summed E-state index contributed by atoms with van der Waals surface area (Å²) in [6.07, 6.45) is 8.29. The summed E-state index contributed by atoms with van der Waals surface area (Å²) >= 11 is 0. The van der Waals surface area contributed by atoms with Gasteiger partial charge in [-0.25, -0.2) is 0 Å². The van der Waals surface area contributed by atoms with Crippen LogP contribution < -0.4 is 0 Å². The lowest BCUT2D eigenvalue weighted by atomic mass is 9.64. The number of hydrogen-bond donors (Lipinski definition) is 1. The highest BCUT2D eigenvalue weighted by Gasteiger charge is 2.43. The number of hydrogen-bond acceptors (Lipinski definition) is 1. The van der Waals surface area contributed by atoms with Crippen LogP contribution in [0.5, 0.6) is 0 Å². The van der Waals surface area contributed by atoms with E-state index >= 15 is 0 Å². The van der Waals surface area contributed by atoms with Gasteiger partial charge >= 0.3 is 0 Å². The molecule has 0 bridgehead atoms. The van der Waals surface area contributed by atoms with E-state index in [1.165, 1.54) is 54.6 Å². The van der Waals surface area contributed by atoms with Crippen molar-refractivity contribution in [2.45, 2.75) is 57.3 Å². The van der Waals surface area contributed by atoms with Gasteiger partial charge in [-0.3, -0.25) is 0 Å². The van der Waals surface area contributed by atoms with Crippen LogP contribution in [-0.2, 0) is 18.3 Å². The van der Waals surface area contributed by atoms with Crippen LogP contribution in [0.3, 0.4) is 0 Å². The lowest BCUT2D eigenvalue weighted by Crippen LogP contribution is -2.33. The van der Waals surface area contributed by atoms with Crippen LogP contribution in [0.15, 0.2) is 0 Å². The lowest BCUT2D eigenvalue weighted by molar-refractivity contribution is 0.320. The summed E-state index contributed by atoms with van der Waals surface area (Å²) in [5.74, 6) is 0. The molecule has 1 fully saturated rings. The van der Waals surface area contributed by atoms with E-state index in [2.05, 4.69) is 18.0 Å². The summed E-state index contributed by atoms with van der Waals surface area (Å²) in [6.45, 7) is 2.14. The monoisotopic (exact) mass is 214 g/mol. The summed E-state index contributed by atoms with van der Waals surface area (Å²) < 4.78 is 0. The van der Waals surface area contributed by atoms with E-state index in [0.29, 0.717) is 0 Å². The van der Waals surface area contributed by atoms with Gasteiger partial charge in [-0.1, -0.05) is 0 Å². The third-order valence-corrected chi connectivity index (χ3v) is 4.38. The minimum atomic E-state index is -0.133. The fourth-order valence-electron chi connectivity index (χ4n) is 3.43. The fraction of sp³-hybridized carbons (Fsp3) is 0.643. The molecule has 16 heavy (non-hydrogen) atoms. The molecule has 1 heterocycles. The number of aromatic nitrogens is 1. The third-order valence-electron chi connectivity index (χ3n) is 4.38. The molecule has 0 atom stereocenters. The van der Waals surface area contributed by atoms with Gasteiger partial charge in [-0.2, -0.15) is 5.26 Å². The van der Waals surface area contributed by atoms with Crippen molar-refractivity contribution in [1.82, 2.24) is 4.98 Å². The molecule has 84 valence electrons. The average Bonchev–Trinajstić information content (AvgIpc) is 2.56. The molecule has 0 unspecified atom stereocenters. The predicted molar refractivity (Wildman–Crippen MR) is 63.3 cm³/mol. The molecule has 0 saturated heterocycles. The number of nitriles is 1. The highest BCUT2D eigenvalue weighted by Crippen LogP contribution is 2.47. The molecule has 3 rings (SSSR count). The average molecular weight is 214 g/mol. The summed E-state index contributed by atoms with van der Waals surface area (Å²) in [5.41, 5.74) is 5.40. The molecule has 0 radical (unpaired) electrons. The minimum Gasteiger partial charge on any atom is -0.362 e. The van der Waals surface area contributed by atoms with Gasteiger partial charge < -0.3 is 4.98 Å². The maximum absolute atomic E-state index is 9.47. The first kappa shape index (κ1) is 9.96. The van der Waals surface area contributed by atoms with Gasteiger partial charge in [0.2, 0.25) is 0 Å². The highest BCUT2D eigenvalue weighted by atomic mass is 14.8. The summed E-state index contributed by atoms with van der Waals surface area (Å²) in [5, 5.41) is 9.47. The molecule has 0 aromatic carbocycles. The molecule has 0 amide bonds. The van der Waals surface area contributed by atoms with E-state index in [-0.39, 0.29) is 5.41 Å². The van der Waals surface area contributed by atoms with Crippen LogP contribution in [0.1, 0.15) is 54.6 Å². The van der Waals surface area contributed by atoms with Crippen LogP contribution in [0.4, 0.5) is 0 Å². The number of nitrogens with one attached hydrogen (secondary N) is 1. The second-order valence-electron chi connectivity index (χ2n) is 5.34.